The van der Waals surface area contributed by atoms with Crippen molar-refractivity contribution in [1.82, 2.24) is 14.9 Å². The third kappa shape index (κ3) is 2.60. The molecule has 2 aromatic rings. The van der Waals surface area contributed by atoms with Crippen LogP contribution < -0.4 is 5.32 Å². The predicted octanol–water partition coefficient (Wildman–Crippen LogP) is 3.14. The molecule has 0 atom stereocenters. The molecular weight excluding hydrogens is 265 g/mol. The molecule has 110 valence electrons. The highest BCUT2D eigenvalue weighted by atomic mass is 19.1. The molecule has 0 radical (unpaired) electrons. The minimum atomic E-state index is -0.157. The van der Waals surface area contributed by atoms with Gasteiger partial charge in [-0.15, -0.1) is 0 Å². The molecule has 0 spiro atoms. The number of hydrogen-bond acceptors (Lipinski definition) is 2. The average Bonchev–Trinajstić information content (AvgIpc) is 3.24. The van der Waals surface area contributed by atoms with E-state index in [2.05, 4.69) is 10.3 Å². The highest BCUT2D eigenvalue weighted by Crippen LogP contribution is 2.25. The summed E-state index contributed by atoms with van der Waals surface area (Å²) >= 11 is 0. The van der Waals surface area contributed by atoms with Gasteiger partial charge in [-0.05, 0) is 56.2 Å². The van der Waals surface area contributed by atoms with Gasteiger partial charge in [-0.25, -0.2) is 9.37 Å². The smallest absolute Gasteiger partial charge is 0.147 e. The normalized spacial score (nSPS) is 17.8. The molecule has 1 aromatic heterocycles. The molecule has 0 unspecified atom stereocenters. The number of aryl methyl sites for hydroxylation is 1. The van der Waals surface area contributed by atoms with Gasteiger partial charge in [-0.3, -0.25) is 0 Å². The van der Waals surface area contributed by atoms with Crippen LogP contribution in [0.5, 0.6) is 0 Å². The van der Waals surface area contributed by atoms with E-state index in [9.17, 15) is 4.39 Å². The van der Waals surface area contributed by atoms with Crippen molar-refractivity contribution in [3.05, 3.63) is 47.3 Å². The first kappa shape index (κ1) is 13.0. The van der Waals surface area contributed by atoms with Gasteiger partial charge >= 0.3 is 0 Å². The van der Waals surface area contributed by atoms with Crippen molar-refractivity contribution in [3.63, 3.8) is 0 Å². The molecule has 1 heterocycles. The van der Waals surface area contributed by atoms with Crippen molar-refractivity contribution in [3.8, 4) is 5.69 Å². The zero-order valence-corrected chi connectivity index (χ0v) is 12.1. The number of nitrogens with zero attached hydrogens (tertiary/aromatic N) is 2. The molecule has 4 rings (SSSR count). The number of halogens is 1. The first-order chi connectivity index (χ1) is 10.3. The molecule has 0 bridgehead atoms. The number of aromatic nitrogens is 2. The second kappa shape index (κ2) is 5.26. The van der Waals surface area contributed by atoms with Gasteiger partial charge < -0.3 is 9.88 Å². The molecule has 1 saturated carbocycles. The quantitative estimate of drug-likeness (QED) is 0.935. The largest absolute Gasteiger partial charge is 0.310 e. The lowest BCUT2D eigenvalue weighted by atomic mass is 10.0. The number of nitrogens with one attached hydrogen (secondary N) is 1. The Bertz CT molecular complexity index is 658. The lowest BCUT2D eigenvalue weighted by Gasteiger charge is -2.15. The number of rotatable bonds is 4. The summed E-state index contributed by atoms with van der Waals surface area (Å²) in [6, 6.07) is 6.20. The summed E-state index contributed by atoms with van der Waals surface area (Å²) in [5, 5.41) is 3.42. The number of imidazole rings is 1. The van der Waals surface area contributed by atoms with Gasteiger partial charge in [-0.2, -0.15) is 0 Å². The highest BCUT2D eigenvalue weighted by Gasteiger charge is 2.21. The SMILES string of the molecule is Fc1cc(CNC2CC2)ccc1-n1cnc2c1CCCC2. The number of benzene rings is 1. The molecular formula is C17H20FN3. The first-order valence-corrected chi connectivity index (χ1v) is 7.88. The zero-order chi connectivity index (χ0) is 14.2. The summed E-state index contributed by atoms with van der Waals surface area (Å²) in [4.78, 5) is 4.45. The van der Waals surface area contributed by atoms with Crippen LogP contribution in [0.1, 0.15) is 42.6 Å². The summed E-state index contributed by atoms with van der Waals surface area (Å²) in [5.74, 6) is -0.157. The molecule has 1 fully saturated rings. The summed E-state index contributed by atoms with van der Waals surface area (Å²) in [6.07, 6.45) is 8.66. The molecule has 0 saturated heterocycles. The molecule has 1 N–H and O–H groups in total. The molecule has 21 heavy (non-hydrogen) atoms. The van der Waals surface area contributed by atoms with E-state index < -0.39 is 0 Å². The average molecular weight is 285 g/mol. The molecule has 0 amide bonds. The second-order valence-electron chi connectivity index (χ2n) is 6.16. The third-order valence-electron chi connectivity index (χ3n) is 4.47. The minimum absolute atomic E-state index is 0.157. The van der Waals surface area contributed by atoms with Gasteiger partial charge in [0, 0.05) is 18.3 Å². The van der Waals surface area contributed by atoms with Crippen LogP contribution in [0, 0.1) is 5.82 Å². The van der Waals surface area contributed by atoms with Crippen molar-refractivity contribution in [2.75, 3.05) is 0 Å². The Balaban J connectivity index is 1.60. The van der Waals surface area contributed by atoms with Crippen molar-refractivity contribution >= 4 is 0 Å². The fourth-order valence-electron chi connectivity index (χ4n) is 3.08. The molecule has 4 heteroatoms. The van der Waals surface area contributed by atoms with Gasteiger partial charge in [0.25, 0.3) is 0 Å². The van der Waals surface area contributed by atoms with Crippen molar-refractivity contribution in [1.29, 1.82) is 0 Å². The van der Waals surface area contributed by atoms with Crippen LogP contribution in [-0.2, 0) is 19.4 Å². The molecule has 1 aromatic carbocycles. The topological polar surface area (TPSA) is 29.9 Å². The zero-order valence-electron chi connectivity index (χ0n) is 12.1. The lowest BCUT2D eigenvalue weighted by Crippen LogP contribution is -2.15. The Morgan fingerprint density at radius 1 is 1.24 bits per heavy atom. The van der Waals surface area contributed by atoms with E-state index in [0.29, 0.717) is 11.7 Å². The van der Waals surface area contributed by atoms with E-state index in [-0.39, 0.29) is 5.82 Å². The standard InChI is InChI=1S/C17H20FN3/c18-14-9-12(10-19-13-6-7-13)5-8-16(14)21-11-20-15-3-1-2-4-17(15)21/h5,8-9,11,13,19H,1-4,6-7,10H2. The van der Waals surface area contributed by atoms with Gasteiger partial charge in [-0.1, -0.05) is 6.07 Å². The van der Waals surface area contributed by atoms with E-state index in [4.69, 9.17) is 0 Å². The predicted molar refractivity (Wildman–Crippen MR) is 80.0 cm³/mol. The highest BCUT2D eigenvalue weighted by molar-refractivity contribution is 5.39. The Labute approximate surface area is 124 Å². The summed E-state index contributed by atoms with van der Waals surface area (Å²) < 4.78 is 16.4. The monoisotopic (exact) mass is 285 g/mol. The Kier molecular flexibility index (Phi) is 3.26. The molecule has 2 aliphatic carbocycles. The van der Waals surface area contributed by atoms with Crippen LogP contribution in [0.25, 0.3) is 5.69 Å². The second-order valence-corrected chi connectivity index (χ2v) is 6.16. The Morgan fingerprint density at radius 3 is 2.90 bits per heavy atom. The van der Waals surface area contributed by atoms with Gasteiger partial charge in [0.05, 0.1) is 17.7 Å². The van der Waals surface area contributed by atoms with E-state index >= 15 is 0 Å². The van der Waals surface area contributed by atoms with E-state index in [1.54, 1.807) is 12.4 Å². The maximum atomic E-state index is 14.4. The van der Waals surface area contributed by atoms with Crippen LogP contribution in [0.4, 0.5) is 4.39 Å². The van der Waals surface area contributed by atoms with Crippen LogP contribution in [0.3, 0.4) is 0 Å². The van der Waals surface area contributed by atoms with Gasteiger partial charge in [0.1, 0.15) is 5.82 Å². The lowest BCUT2D eigenvalue weighted by molar-refractivity contribution is 0.602. The van der Waals surface area contributed by atoms with E-state index in [0.717, 1.165) is 30.6 Å². The van der Waals surface area contributed by atoms with Gasteiger partial charge in [0.15, 0.2) is 0 Å². The maximum Gasteiger partial charge on any atom is 0.147 e. The number of hydrogen-bond donors (Lipinski definition) is 1. The number of fused-ring (bicyclic) bond motifs is 1. The van der Waals surface area contributed by atoms with Gasteiger partial charge in [0.2, 0.25) is 0 Å². The van der Waals surface area contributed by atoms with Crippen LogP contribution >= 0.6 is 0 Å². The summed E-state index contributed by atoms with van der Waals surface area (Å²) in [6.45, 7) is 0.754. The fourth-order valence-corrected chi connectivity index (χ4v) is 3.08. The minimum Gasteiger partial charge on any atom is -0.310 e. The first-order valence-electron chi connectivity index (χ1n) is 7.88. The maximum absolute atomic E-state index is 14.4. The van der Waals surface area contributed by atoms with E-state index in [1.807, 2.05) is 16.7 Å². The summed E-state index contributed by atoms with van der Waals surface area (Å²) in [5.41, 5.74) is 3.96. The molecule has 3 nitrogen and oxygen atoms in total. The third-order valence-corrected chi connectivity index (χ3v) is 4.47. The van der Waals surface area contributed by atoms with Crippen LogP contribution in [0.15, 0.2) is 24.5 Å². The Morgan fingerprint density at radius 2 is 2.10 bits per heavy atom. The fraction of sp³-hybridized carbons (Fsp3) is 0.471. The van der Waals surface area contributed by atoms with Crippen molar-refractivity contribution in [2.24, 2.45) is 0 Å². The van der Waals surface area contributed by atoms with Crippen molar-refractivity contribution < 1.29 is 4.39 Å². The van der Waals surface area contributed by atoms with Crippen molar-refractivity contribution in [2.45, 2.75) is 51.1 Å². The van der Waals surface area contributed by atoms with E-state index in [1.165, 1.54) is 31.4 Å². The summed E-state index contributed by atoms with van der Waals surface area (Å²) in [7, 11) is 0. The Hall–Kier alpha value is -1.68. The molecule has 2 aliphatic rings. The van der Waals surface area contributed by atoms with Crippen LogP contribution in [-0.4, -0.2) is 15.6 Å². The van der Waals surface area contributed by atoms with Crippen LogP contribution in [0.2, 0.25) is 0 Å². The molecule has 0 aliphatic heterocycles.